The van der Waals surface area contributed by atoms with Gasteiger partial charge in [-0.05, 0) is 44.1 Å². The number of ether oxygens (including phenoxy) is 1. The zero-order chi connectivity index (χ0) is 22.2. The molecule has 0 aliphatic carbocycles. The van der Waals surface area contributed by atoms with Crippen molar-refractivity contribution in [3.05, 3.63) is 66.2 Å². The zero-order valence-corrected chi connectivity index (χ0v) is 17.6. The number of pyridine rings is 3. The minimum Gasteiger partial charge on any atom is -0.490 e. The highest BCUT2D eigenvalue weighted by atomic mass is 19.1. The number of nitrogens with zero attached hydrogens (tertiary/aromatic N) is 4. The fourth-order valence-corrected chi connectivity index (χ4v) is 3.44. The number of amides is 1. The lowest BCUT2D eigenvalue weighted by atomic mass is 10.2. The maximum atomic E-state index is 12.8. The van der Waals surface area contributed by atoms with E-state index in [1.54, 1.807) is 42.7 Å². The highest BCUT2D eigenvalue weighted by molar-refractivity contribution is 6.05. The van der Waals surface area contributed by atoms with Crippen molar-refractivity contribution < 1.29 is 13.9 Å². The predicted molar refractivity (Wildman–Crippen MR) is 120 cm³/mol. The minimum absolute atomic E-state index is 0.312. The van der Waals surface area contributed by atoms with E-state index in [1.807, 2.05) is 0 Å². The van der Waals surface area contributed by atoms with E-state index in [9.17, 15) is 9.18 Å². The van der Waals surface area contributed by atoms with Crippen LogP contribution in [0.2, 0.25) is 0 Å². The van der Waals surface area contributed by atoms with Gasteiger partial charge in [-0.1, -0.05) is 6.07 Å². The van der Waals surface area contributed by atoms with E-state index in [0.29, 0.717) is 40.8 Å². The summed E-state index contributed by atoms with van der Waals surface area (Å²) < 4.78 is 18.5. The van der Waals surface area contributed by atoms with E-state index in [1.165, 1.54) is 25.2 Å². The number of nitrogens with one attached hydrogen (secondary N) is 2. The van der Waals surface area contributed by atoms with Gasteiger partial charge >= 0.3 is 0 Å². The van der Waals surface area contributed by atoms with Gasteiger partial charge in [0.15, 0.2) is 0 Å². The van der Waals surface area contributed by atoms with Crippen molar-refractivity contribution in [1.29, 1.82) is 0 Å². The number of aromatic nitrogens is 3. The number of carbonyl (C=O) groups is 1. The van der Waals surface area contributed by atoms with E-state index in [-0.39, 0.29) is 5.91 Å². The van der Waals surface area contributed by atoms with Gasteiger partial charge in [0.25, 0.3) is 5.91 Å². The maximum absolute atomic E-state index is 12.8. The van der Waals surface area contributed by atoms with Crippen molar-refractivity contribution in [2.45, 2.75) is 19.5 Å². The Morgan fingerprint density at radius 3 is 2.72 bits per heavy atom. The molecule has 3 aromatic rings. The lowest BCUT2D eigenvalue weighted by Crippen LogP contribution is -2.25. The van der Waals surface area contributed by atoms with Gasteiger partial charge in [-0.15, -0.1) is 0 Å². The van der Waals surface area contributed by atoms with E-state index in [2.05, 4.69) is 30.5 Å². The van der Waals surface area contributed by atoms with Crippen LogP contribution in [0, 0.1) is 0 Å². The second-order valence-corrected chi connectivity index (χ2v) is 7.46. The first kappa shape index (κ1) is 21.6. The number of halogens is 1. The molecule has 3 aromatic heterocycles. The Kier molecular flexibility index (Phi) is 7.19. The summed E-state index contributed by atoms with van der Waals surface area (Å²) in [5.41, 5.74) is 1.41. The molecule has 166 valence electrons. The molecule has 0 atom stereocenters. The highest BCUT2D eigenvalue weighted by Gasteiger charge is 2.14. The fourth-order valence-electron chi connectivity index (χ4n) is 3.44. The molecule has 0 aromatic carbocycles. The van der Waals surface area contributed by atoms with E-state index < -0.39 is 6.67 Å². The number of carbonyl (C=O) groups excluding carboxylic acids is 1. The van der Waals surface area contributed by atoms with Crippen molar-refractivity contribution >= 4 is 23.2 Å². The lowest BCUT2D eigenvalue weighted by Gasteiger charge is -2.16. The molecule has 9 heteroatoms. The number of alkyl halides is 1. The Bertz CT molecular complexity index is 1040. The first-order valence-corrected chi connectivity index (χ1v) is 10.6. The summed E-state index contributed by atoms with van der Waals surface area (Å²) in [6, 6.07) is 8.27. The van der Waals surface area contributed by atoms with Crippen LogP contribution in [0.15, 0.2) is 55.1 Å². The van der Waals surface area contributed by atoms with E-state index in [0.717, 1.165) is 19.6 Å². The predicted octanol–water partition coefficient (Wildman–Crippen LogP) is 3.81. The Morgan fingerprint density at radius 2 is 1.94 bits per heavy atom. The molecule has 0 radical (unpaired) electrons. The first-order chi connectivity index (χ1) is 15.7. The Morgan fingerprint density at radius 1 is 1.06 bits per heavy atom. The number of anilines is 3. The van der Waals surface area contributed by atoms with Crippen LogP contribution in [0.1, 0.15) is 28.8 Å². The van der Waals surface area contributed by atoms with Gasteiger partial charge in [-0.2, -0.15) is 0 Å². The average Bonchev–Trinajstić information content (AvgIpc) is 3.34. The largest absolute Gasteiger partial charge is 0.490 e. The first-order valence-electron chi connectivity index (χ1n) is 10.6. The number of likely N-dealkylation sites (tertiary alicyclic amines) is 1. The number of hydrogen-bond donors (Lipinski definition) is 2. The van der Waals surface area contributed by atoms with Crippen LogP contribution in [-0.2, 0) is 6.67 Å². The normalized spacial score (nSPS) is 13.7. The molecule has 0 spiro atoms. The SMILES string of the molecule is O=C(Nc1cnccc1OCCN1CCCC1)c1ccnc(Nc2ccc(CF)cn2)c1. The molecule has 0 unspecified atom stereocenters. The molecular formula is C23H25FN6O2. The molecule has 1 amide bonds. The molecule has 0 saturated carbocycles. The third-order valence-electron chi connectivity index (χ3n) is 5.15. The summed E-state index contributed by atoms with van der Waals surface area (Å²) >= 11 is 0. The second-order valence-electron chi connectivity index (χ2n) is 7.46. The summed E-state index contributed by atoms with van der Waals surface area (Å²) in [4.78, 5) is 27.6. The Hall–Kier alpha value is -3.59. The van der Waals surface area contributed by atoms with Gasteiger partial charge in [-0.3, -0.25) is 14.7 Å². The monoisotopic (exact) mass is 436 g/mol. The Labute approximate surface area is 185 Å². The Balaban J connectivity index is 1.38. The van der Waals surface area contributed by atoms with Crippen molar-refractivity contribution in [3.63, 3.8) is 0 Å². The van der Waals surface area contributed by atoms with Crippen molar-refractivity contribution in [1.82, 2.24) is 19.9 Å². The molecular weight excluding hydrogens is 411 g/mol. The van der Waals surface area contributed by atoms with Crippen LogP contribution >= 0.6 is 0 Å². The molecule has 1 aliphatic heterocycles. The summed E-state index contributed by atoms with van der Waals surface area (Å²) in [6.07, 6.45) is 8.66. The van der Waals surface area contributed by atoms with Crippen LogP contribution in [0.3, 0.4) is 0 Å². The molecule has 8 nitrogen and oxygen atoms in total. The molecule has 1 saturated heterocycles. The van der Waals surface area contributed by atoms with Gasteiger partial charge in [0.2, 0.25) is 0 Å². The third kappa shape index (κ3) is 5.76. The topological polar surface area (TPSA) is 92.3 Å². The van der Waals surface area contributed by atoms with Crippen LogP contribution < -0.4 is 15.4 Å². The number of rotatable bonds is 9. The molecule has 4 rings (SSSR count). The van der Waals surface area contributed by atoms with Crippen LogP contribution in [0.5, 0.6) is 5.75 Å². The lowest BCUT2D eigenvalue weighted by molar-refractivity contribution is 0.102. The summed E-state index contributed by atoms with van der Waals surface area (Å²) in [7, 11) is 0. The standard InChI is InChI=1S/C23H25FN6O2/c24-14-17-3-4-21(27-15-17)29-22-13-18(5-8-26-22)23(31)28-19-16-25-7-6-20(19)32-12-11-30-9-1-2-10-30/h3-8,13,15-16H,1-2,9-12,14H2,(H,28,31)(H,26,27,29). The number of hydrogen-bond acceptors (Lipinski definition) is 7. The minimum atomic E-state index is -0.570. The fraction of sp³-hybridized carbons (Fsp3) is 0.304. The highest BCUT2D eigenvalue weighted by Crippen LogP contribution is 2.24. The van der Waals surface area contributed by atoms with Crippen molar-refractivity contribution in [2.75, 3.05) is 36.9 Å². The van der Waals surface area contributed by atoms with Crippen molar-refractivity contribution in [2.24, 2.45) is 0 Å². The third-order valence-corrected chi connectivity index (χ3v) is 5.15. The average molecular weight is 436 g/mol. The van der Waals surface area contributed by atoms with Crippen LogP contribution in [0.4, 0.5) is 21.7 Å². The maximum Gasteiger partial charge on any atom is 0.255 e. The summed E-state index contributed by atoms with van der Waals surface area (Å²) in [6.45, 7) is 3.05. The van der Waals surface area contributed by atoms with Gasteiger partial charge in [-0.25, -0.2) is 14.4 Å². The van der Waals surface area contributed by atoms with Gasteiger partial charge in [0.05, 0.1) is 6.20 Å². The van der Waals surface area contributed by atoms with Gasteiger partial charge in [0, 0.05) is 42.3 Å². The van der Waals surface area contributed by atoms with Gasteiger partial charge in [0.1, 0.15) is 36.4 Å². The zero-order valence-electron chi connectivity index (χ0n) is 17.6. The molecule has 4 heterocycles. The van der Waals surface area contributed by atoms with Crippen LogP contribution in [-0.4, -0.2) is 52.0 Å². The van der Waals surface area contributed by atoms with Crippen LogP contribution in [0.25, 0.3) is 0 Å². The summed E-state index contributed by atoms with van der Waals surface area (Å²) in [5, 5.41) is 5.87. The second kappa shape index (κ2) is 10.6. The van der Waals surface area contributed by atoms with Crippen molar-refractivity contribution in [3.8, 4) is 5.75 Å². The summed E-state index contributed by atoms with van der Waals surface area (Å²) in [5.74, 6) is 1.23. The van der Waals surface area contributed by atoms with E-state index in [4.69, 9.17) is 4.74 Å². The molecule has 2 N–H and O–H groups in total. The molecule has 0 bridgehead atoms. The quantitative estimate of drug-likeness (QED) is 0.527. The smallest absolute Gasteiger partial charge is 0.255 e. The van der Waals surface area contributed by atoms with Gasteiger partial charge < -0.3 is 15.4 Å². The molecule has 1 aliphatic rings. The molecule has 32 heavy (non-hydrogen) atoms. The van der Waals surface area contributed by atoms with E-state index >= 15 is 0 Å². The molecule has 1 fully saturated rings.